The highest BCUT2D eigenvalue weighted by Gasteiger charge is 2.17. The Kier molecular flexibility index (Phi) is 4.16. The maximum Gasteiger partial charge on any atom is 0.340 e. The highest BCUT2D eigenvalue weighted by Crippen LogP contribution is 2.27. The van der Waals surface area contributed by atoms with Gasteiger partial charge in [-0.25, -0.2) is 19.7 Å². The van der Waals surface area contributed by atoms with Gasteiger partial charge in [0.1, 0.15) is 21.4 Å². The van der Waals surface area contributed by atoms with E-state index in [1.54, 1.807) is 25.2 Å². The molecule has 0 radical (unpaired) electrons. The Morgan fingerprint density at radius 3 is 2.63 bits per heavy atom. The van der Waals surface area contributed by atoms with E-state index in [2.05, 4.69) is 15.0 Å². The van der Waals surface area contributed by atoms with Crippen LogP contribution in [0.15, 0.2) is 10.4 Å². The minimum Gasteiger partial charge on any atom is -0.478 e. The summed E-state index contributed by atoms with van der Waals surface area (Å²) in [6, 6.07) is 0. The number of hydrogen-bond donors (Lipinski definition) is 1. The number of rotatable bonds is 4. The molecule has 0 atom stereocenters. The summed E-state index contributed by atoms with van der Waals surface area (Å²) in [5.41, 5.74) is 1.66. The zero-order valence-corrected chi connectivity index (χ0v) is 12.4. The Hall–Kier alpha value is -1.47. The average Bonchev–Trinajstić information content (AvgIpc) is 2.71. The molecule has 0 unspecified atom stereocenters. The molecule has 2 heterocycles. The SMILES string of the molecule is Cc1csc(CSc2nc(C)nc(C)c2C(=O)O)n1. The van der Waals surface area contributed by atoms with E-state index in [4.69, 9.17) is 0 Å². The number of aromatic nitrogens is 3. The second-order valence-electron chi connectivity index (χ2n) is 4.01. The summed E-state index contributed by atoms with van der Waals surface area (Å²) in [7, 11) is 0. The van der Waals surface area contributed by atoms with Gasteiger partial charge in [0.15, 0.2) is 0 Å². The lowest BCUT2D eigenvalue weighted by Gasteiger charge is -2.07. The van der Waals surface area contributed by atoms with Crippen LogP contribution in [0.4, 0.5) is 0 Å². The fraction of sp³-hybridized carbons (Fsp3) is 0.333. The third-order valence-electron chi connectivity index (χ3n) is 2.38. The fourth-order valence-corrected chi connectivity index (χ4v) is 3.54. The standard InChI is InChI=1S/C12H13N3O2S2/c1-6-4-18-9(13-6)5-19-11-10(12(16)17)7(2)14-8(3)15-11/h4H,5H2,1-3H3,(H,16,17). The van der Waals surface area contributed by atoms with Crippen molar-refractivity contribution < 1.29 is 9.90 Å². The van der Waals surface area contributed by atoms with Crippen LogP contribution in [0.1, 0.15) is 32.6 Å². The van der Waals surface area contributed by atoms with Gasteiger partial charge in [-0.3, -0.25) is 0 Å². The monoisotopic (exact) mass is 295 g/mol. The smallest absolute Gasteiger partial charge is 0.340 e. The molecule has 2 aromatic heterocycles. The molecule has 0 saturated carbocycles. The van der Waals surface area contributed by atoms with Crippen LogP contribution in [0, 0.1) is 20.8 Å². The molecule has 19 heavy (non-hydrogen) atoms. The number of hydrogen-bond acceptors (Lipinski definition) is 6. The largest absolute Gasteiger partial charge is 0.478 e. The van der Waals surface area contributed by atoms with Crippen molar-refractivity contribution in [3.05, 3.63) is 33.2 Å². The van der Waals surface area contributed by atoms with Crippen molar-refractivity contribution in [3.63, 3.8) is 0 Å². The van der Waals surface area contributed by atoms with Crippen LogP contribution in [0.25, 0.3) is 0 Å². The van der Waals surface area contributed by atoms with Gasteiger partial charge in [0.05, 0.1) is 11.4 Å². The number of carboxylic acids is 1. The van der Waals surface area contributed by atoms with E-state index < -0.39 is 5.97 Å². The summed E-state index contributed by atoms with van der Waals surface area (Å²) >= 11 is 2.95. The van der Waals surface area contributed by atoms with Crippen LogP contribution in [0.5, 0.6) is 0 Å². The van der Waals surface area contributed by atoms with Gasteiger partial charge in [-0.1, -0.05) is 11.8 Å². The molecule has 7 heteroatoms. The van der Waals surface area contributed by atoms with E-state index in [-0.39, 0.29) is 5.56 Å². The molecule has 0 spiro atoms. The summed E-state index contributed by atoms with van der Waals surface area (Å²) in [4.78, 5) is 23.9. The molecule has 0 aromatic carbocycles. The molecule has 5 nitrogen and oxygen atoms in total. The second kappa shape index (κ2) is 5.66. The maximum atomic E-state index is 11.3. The van der Waals surface area contributed by atoms with Gasteiger partial charge in [-0.05, 0) is 20.8 Å². The first-order valence-electron chi connectivity index (χ1n) is 5.59. The van der Waals surface area contributed by atoms with Crippen molar-refractivity contribution in [1.82, 2.24) is 15.0 Å². The van der Waals surface area contributed by atoms with E-state index in [0.29, 0.717) is 22.3 Å². The van der Waals surface area contributed by atoms with Gasteiger partial charge < -0.3 is 5.11 Å². The minimum atomic E-state index is -0.990. The molecular formula is C12H13N3O2S2. The van der Waals surface area contributed by atoms with E-state index in [1.165, 1.54) is 11.8 Å². The van der Waals surface area contributed by atoms with Crippen LogP contribution < -0.4 is 0 Å². The van der Waals surface area contributed by atoms with Crippen LogP contribution in [0.2, 0.25) is 0 Å². The lowest BCUT2D eigenvalue weighted by Crippen LogP contribution is -2.08. The van der Waals surface area contributed by atoms with E-state index >= 15 is 0 Å². The first kappa shape index (κ1) is 14.0. The second-order valence-corrected chi connectivity index (χ2v) is 5.92. The molecule has 0 aliphatic carbocycles. The Balaban J connectivity index is 2.26. The van der Waals surface area contributed by atoms with Gasteiger partial charge in [-0.15, -0.1) is 11.3 Å². The normalized spacial score (nSPS) is 10.7. The quantitative estimate of drug-likeness (QED) is 0.690. The van der Waals surface area contributed by atoms with Crippen molar-refractivity contribution in [3.8, 4) is 0 Å². The zero-order valence-electron chi connectivity index (χ0n) is 10.8. The third-order valence-corrected chi connectivity index (χ3v) is 4.52. The number of thioether (sulfide) groups is 1. The predicted molar refractivity (Wildman–Crippen MR) is 74.9 cm³/mol. The lowest BCUT2D eigenvalue weighted by atomic mass is 10.2. The molecule has 0 aliphatic heterocycles. The van der Waals surface area contributed by atoms with Crippen LogP contribution >= 0.6 is 23.1 Å². The summed E-state index contributed by atoms with van der Waals surface area (Å²) in [6.45, 7) is 5.39. The Bertz CT molecular complexity index is 625. The van der Waals surface area contributed by atoms with Crippen molar-refractivity contribution in [2.75, 3.05) is 0 Å². The summed E-state index contributed by atoms with van der Waals surface area (Å²) in [5, 5.41) is 12.7. The molecule has 2 aromatic rings. The molecule has 0 bridgehead atoms. The third kappa shape index (κ3) is 3.30. The van der Waals surface area contributed by atoms with Gasteiger partial charge in [0.25, 0.3) is 0 Å². The number of aryl methyl sites for hydroxylation is 3. The number of thiazole rings is 1. The molecule has 0 aliphatic rings. The summed E-state index contributed by atoms with van der Waals surface area (Å²) < 4.78 is 0. The van der Waals surface area contributed by atoms with Crippen molar-refractivity contribution in [1.29, 1.82) is 0 Å². The van der Waals surface area contributed by atoms with Gasteiger partial charge >= 0.3 is 5.97 Å². The maximum absolute atomic E-state index is 11.3. The van der Waals surface area contributed by atoms with Crippen LogP contribution in [-0.2, 0) is 5.75 Å². The topological polar surface area (TPSA) is 76.0 Å². The minimum absolute atomic E-state index is 0.184. The van der Waals surface area contributed by atoms with Crippen LogP contribution in [-0.4, -0.2) is 26.0 Å². The van der Waals surface area contributed by atoms with Gasteiger partial charge in [0.2, 0.25) is 0 Å². The van der Waals surface area contributed by atoms with E-state index in [1.807, 2.05) is 12.3 Å². The molecule has 0 saturated heterocycles. The molecule has 100 valence electrons. The molecule has 0 amide bonds. The van der Waals surface area contributed by atoms with Crippen LogP contribution in [0.3, 0.4) is 0 Å². The molecule has 0 fully saturated rings. The number of carbonyl (C=O) groups is 1. The number of nitrogens with zero attached hydrogens (tertiary/aromatic N) is 3. The predicted octanol–water partition coefficient (Wildman–Crippen LogP) is 2.85. The van der Waals surface area contributed by atoms with Crippen molar-refractivity contribution in [2.24, 2.45) is 0 Å². The number of carboxylic acid groups (broad SMARTS) is 1. The van der Waals surface area contributed by atoms with Gasteiger partial charge in [0, 0.05) is 11.1 Å². The Labute approximate surface area is 119 Å². The fourth-order valence-electron chi connectivity index (χ4n) is 1.63. The zero-order chi connectivity index (χ0) is 14.0. The first-order valence-corrected chi connectivity index (χ1v) is 7.46. The van der Waals surface area contributed by atoms with Crippen molar-refractivity contribution >= 4 is 29.1 Å². The molecule has 1 N–H and O–H groups in total. The van der Waals surface area contributed by atoms with E-state index in [9.17, 15) is 9.90 Å². The first-order chi connectivity index (χ1) is 8.97. The van der Waals surface area contributed by atoms with Crippen molar-refractivity contribution in [2.45, 2.75) is 31.6 Å². The Morgan fingerprint density at radius 1 is 1.32 bits per heavy atom. The highest BCUT2D eigenvalue weighted by molar-refractivity contribution is 7.98. The molecule has 2 rings (SSSR count). The summed E-state index contributed by atoms with van der Waals surface area (Å²) in [5.74, 6) is 0.213. The van der Waals surface area contributed by atoms with Gasteiger partial charge in [-0.2, -0.15) is 0 Å². The average molecular weight is 295 g/mol. The Morgan fingerprint density at radius 2 is 2.05 bits per heavy atom. The molecular weight excluding hydrogens is 282 g/mol. The lowest BCUT2D eigenvalue weighted by molar-refractivity contribution is 0.0690. The summed E-state index contributed by atoms with van der Waals surface area (Å²) in [6.07, 6.45) is 0. The van der Waals surface area contributed by atoms with E-state index in [0.717, 1.165) is 10.7 Å². The highest BCUT2D eigenvalue weighted by atomic mass is 32.2. The number of aromatic carboxylic acids is 1.